The number of ether oxygens (including phenoxy) is 1. The van der Waals surface area contributed by atoms with E-state index in [0.29, 0.717) is 46.9 Å². The van der Waals surface area contributed by atoms with E-state index in [-0.39, 0.29) is 16.5 Å². The Morgan fingerprint density at radius 1 is 0.767 bits per heavy atom. The molecule has 4 aromatic rings. The lowest BCUT2D eigenvalue weighted by Gasteiger charge is -2.11. The molecule has 4 rings (SSSR count). The monoisotopic (exact) mass is 643 g/mol. The molecule has 0 saturated heterocycles. The first-order valence-electron chi connectivity index (χ1n) is 12.8. The van der Waals surface area contributed by atoms with Crippen LogP contribution in [0.5, 0.6) is 5.75 Å². The summed E-state index contributed by atoms with van der Waals surface area (Å²) in [5.41, 5.74) is 10.9. The highest BCUT2D eigenvalue weighted by Gasteiger charge is 2.20. The molecule has 0 atom stereocenters. The predicted molar refractivity (Wildman–Crippen MR) is 167 cm³/mol. The fourth-order valence-electron chi connectivity index (χ4n) is 4.11. The van der Waals surface area contributed by atoms with Crippen LogP contribution in [0.25, 0.3) is 10.8 Å². The smallest absolute Gasteiger partial charge is 0.295 e. The number of benzene rings is 4. The number of hydrogen-bond acceptors (Lipinski definition) is 11. The number of hydrogen-bond donors (Lipinski definition) is 4. The zero-order valence-corrected chi connectivity index (χ0v) is 25.9. The van der Waals surface area contributed by atoms with Gasteiger partial charge in [-0.1, -0.05) is 6.07 Å². The summed E-state index contributed by atoms with van der Waals surface area (Å²) in [4.78, 5) is -1.36. The van der Waals surface area contributed by atoms with Gasteiger partial charge in [-0.2, -0.15) is 49.9 Å². The number of nitrogens with two attached hydrogens (primary N) is 1. The van der Waals surface area contributed by atoms with Crippen molar-refractivity contribution in [2.45, 2.75) is 37.0 Å². The van der Waals surface area contributed by atoms with Crippen molar-refractivity contribution in [3.8, 4) is 5.75 Å². The first kappa shape index (κ1) is 32.0. The van der Waals surface area contributed by atoms with Crippen molar-refractivity contribution >= 4 is 72.1 Å². The van der Waals surface area contributed by atoms with E-state index in [1.165, 1.54) is 18.2 Å². The molecule has 0 fully saturated rings. The van der Waals surface area contributed by atoms with E-state index in [1.807, 2.05) is 20.8 Å². The van der Waals surface area contributed by atoms with Gasteiger partial charge in [0.25, 0.3) is 20.2 Å². The van der Waals surface area contributed by atoms with E-state index in [0.717, 1.165) is 29.2 Å². The van der Waals surface area contributed by atoms with Crippen LogP contribution in [0.15, 0.2) is 84.8 Å². The molecule has 12 nitrogen and oxygen atoms in total. The summed E-state index contributed by atoms with van der Waals surface area (Å²) >= 11 is 4.19. The Kier molecular flexibility index (Phi) is 9.51. The van der Waals surface area contributed by atoms with Crippen molar-refractivity contribution < 1.29 is 30.7 Å². The zero-order chi connectivity index (χ0) is 31.5. The van der Waals surface area contributed by atoms with Gasteiger partial charge in [-0.05, 0) is 97.5 Å². The van der Waals surface area contributed by atoms with E-state index in [1.54, 1.807) is 24.3 Å². The lowest BCUT2D eigenvalue weighted by atomic mass is 10.1. The normalized spacial score (nSPS) is 12.5. The van der Waals surface area contributed by atoms with Crippen LogP contribution < -0.4 is 10.5 Å². The summed E-state index contributed by atoms with van der Waals surface area (Å²) in [6, 6.07) is 13.1. The molecule has 0 aromatic heterocycles. The lowest BCUT2D eigenvalue weighted by molar-refractivity contribution is 0.320. The fraction of sp³-hybridized carbons (Fsp3) is 0.214. The summed E-state index contributed by atoms with van der Waals surface area (Å²) < 4.78 is 71.9. The molecule has 0 radical (unpaired) electrons. The Hall–Kier alpha value is -3.89. The summed E-state index contributed by atoms with van der Waals surface area (Å²) in [6.07, 6.45) is 0.778. The minimum atomic E-state index is -4.83. The second-order valence-corrected chi connectivity index (χ2v) is 13.0. The average Bonchev–Trinajstić information content (AvgIpc) is 2.92. The highest BCUT2D eigenvalue weighted by atomic mass is 32.2. The minimum Gasteiger partial charge on any atom is -0.491 e. The summed E-state index contributed by atoms with van der Waals surface area (Å²) in [6.45, 7) is 6.03. The maximum atomic E-state index is 12.0. The van der Waals surface area contributed by atoms with Crippen LogP contribution in [-0.2, 0) is 20.2 Å². The predicted octanol–water partition coefficient (Wildman–Crippen LogP) is 7.37. The van der Waals surface area contributed by atoms with Crippen molar-refractivity contribution in [2.75, 3.05) is 18.1 Å². The Morgan fingerprint density at radius 2 is 1.35 bits per heavy atom. The fourth-order valence-corrected chi connectivity index (χ4v) is 5.59. The number of nitrogens with zero attached hydrogens (tertiary/aromatic N) is 4. The quantitative estimate of drug-likeness (QED) is 0.0452. The average molecular weight is 644 g/mol. The number of thiol groups is 1. The van der Waals surface area contributed by atoms with E-state index >= 15 is 0 Å². The van der Waals surface area contributed by atoms with Gasteiger partial charge in [0.15, 0.2) is 0 Å². The molecule has 0 aliphatic rings. The Morgan fingerprint density at radius 3 is 1.93 bits per heavy atom. The second kappa shape index (κ2) is 12.8. The number of rotatable bonds is 10. The van der Waals surface area contributed by atoms with Crippen molar-refractivity contribution in [3.05, 3.63) is 71.3 Å². The molecule has 0 aliphatic carbocycles. The Bertz CT molecular complexity index is 1990. The van der Waals surface area contributed by atoms with Gasteiger partial charge in [0.05, 0.1) is 39.9 Å². The molecule has 0 saturated carbocycles. The van der Waals surface area contributed by atoms with Crippen molar-refractivity contribution in [1.29, 1.82) is 0 Å². The molecule has 0 amide bonds. The number of azo groups is 2. The lowest BCUT2D eigenvalue weighted by Crippen LogP contribution is -2.04. The van der Waals surface area contributed by atoms with Crippen molar-refractivity contribution in [3.63, 3.8) is 0 Å². The third-order valence-electron chi connectivity index (χ3n) is 6.39. The minimum absolute atomic E-state index is 0.00300. The molecule has 4 aromatic carbocycles. The maximum absolute atomic E-state index is 12.0. The maximum Gasteiger partial charge on any atom is 0.295 e. The SMILES string of the molecule is Cc1cc(N=Nc2cc(OCCCS)c(N)cc2C)c(C)cc1N=Nc1ccc2cc(S(=O)(=O)O)cc(S(=O)(=O)O)c2c1. The van der Waals surface area contributed by atoms with E-state index in [2.05, 4.69) is 33.1 Å². The third-order valence-corrected chi connectivity index (χ3v) is 8.43. The van der Waals surface area contributed by atoms with Crippen LogP contribution in [0.2, 0.25) is 0 Å². The highest BCUT2D eigenvalue weighted by molar-refractivity contribution is 7.86. The summed E-state index contributed by atoms with van der Waals surface area (Å²) in [5, 5.41) is 17.5. The van der Waals surface area contributed by atoms with Gasteiger partial charge >= 0.3 is 0 Å². The molecule has 0 bridgehead atoms. The van der Waals surface area contributed by atoms with Crippen LogP contribution in [-0.4, -0.2) is 38.3 Å². The van der Waals surface area contributed by atoms with Gasteiger partial charge < -0.3 is 10.5 Å². The van der Waals surface area contributed by atoms with Gasteiger partial charge in [0, 0.05) is 11.5 Å². The first-order valence-corrected chi connectivity index (χ1v) is 16.3. The van der Waals surface area contributed by atoms with Gasteiger partial charge in [-0.3, -0.25) is 9.11 Å². The molecule has 0 spiro atoms. The van der Waals surface area contributed by atoms with Crippen LogP contribution in [0.1, 0.15) is 23.1 Å². The Labute approximate surface area is 254 Å². The molecule has 0 aliphatic heterocycles. The van der Waals surface area contributed by atoms with Crippen LogP contribution in [0.4, 0.5) is 28.4 Å². The number of nitrogen functional groups attached to an aromatic ring is 1. The molecule has 0 heterocycles. The molecular formula is C28H29N5O7S3. The van der Waals surface area contributed by atoms with Gasteiger partial charge in [-0.15, -0.1) is 0 Å². The number of aryl methyl sites for hydroxylation is 3. The second-order valence-electron chi connectivity index (χ2n) is 9.70. The number of fused-ring (bicyclic) bond motifs is 1. The molecule has 226 valence electrons. The van der Waals surface area contributed by atoms with E-state index in [9.17, 15) is 25.9 Å². The van der Waals surface area contributed by atoms with Crippen LogP contribution >= 0.6 is 12.6 Å². The number of anilines is 1. The van der Waals surface area contributed by atoms with Gasteiger partial charge in [0.1, 0.15) is 10.6 Å². The first-order chi connectivity index (χ1) is 20.2. The molecule has 0 unspecified atom stereocenters. The summed E-state index contributed by atoms with van der Waals surface area (Å²) in [5.74, 6) is 1.23. The highest BCUT2D eigenvalue weighted by Crippen LogP contribution is 2.35. The largest absolute Gasteiger partial charge is 0.491 e. The summed E-state index contributed by atoms with van der Waals surface area (Å²) in [7, 11) is -9.56. The third kappa shape index (κ3) is 7.74. The van der Waals surface area contributed by atoms with Crippen molar-refractivity contribution in [2.24, 2.45) is 20.5 Å². The van der Waals surface area contributed by atoms with Crippen LogP contribution in [0.3, 0.4) is 0 Å². The van der Waals surface area contributed by atoms with Gasteiger partial charge in [-0.25, -0.2) is 0 Å². The van der Waals surface area contributed by atoms with E-state index < -0.39 is 30.0 Å². The standard InChI is InChI=1S/C28H29N5O7S3/c1-16-9-23(29)27(40-7-4-8-41)15-26(16)33-32-25-11-17(2)24(10-18(25)3)31-30-20-6-5-19-12-21(42(34,35)36)14-28(22(19)13-20)43(37,38)39/h5-6,9-15,41H,4,7-8,29H2,1-3H3,(H,34,35,36)(H,37,38,39). The molecule has 15 heteroatoms. The van der Waals surface area contributed by atoms with Gasteiger partial charge in [0.2, 0.25) is 0 Å². The van der Waals surface area contributed by atoms with Crippen LogP contribution in [0, 0.1) is 20.8 Å². The molecule has 4 N–H and O–H groups in total. The molecular weight excluding hydrogens is 615 g/mol. The van der Waals surface area contributed by atoms with E-state index in [4.69, 9.17) is 10.5 Å². The Balaban J connectivity index is 1.63. The molecule has 43 heavy (non-hydrogen) atoms. The zero-order valence-electron chi connectivity index (χ0n) is 23.4. The topological polar surface area (TPSA) is 193 Å². The van der Waals surface area contributed by atoms with Crippen molar-refractivity contribution in [1.82, 2.24) is 0 Å².